The van der Waals surface area contributed by atoms with Crippen LogP contribution in [0.15, 0.2) is 18.3 Å². The minimum Gasteiger partial charge on any atom is -0.384 e. The lowest BCUT2D eigenvalue weighted by Gasteiger charge is -2.04. The van der Waals surface area contributed by atoms with Crippen LogP contribution in [0.5, 0.6) is 0 Å². The zero-order chi connectivity index (χ0) is 10.7. The second-order valence-corrected chi connectivity index (χ2v) is 4.00. The number of nitrogens with two attached hydrogens (primary N) is 1. The van der Waals surface area contributed by atoms with E-state index < -0.39 is 0 Å². The molecular formula is C11H15N3O. The average Bonchev–Trinajstić information content (AvgIpc) is 3.02. The van der Waals surface area contributed by atoms with E-state index >= 15 is 0 Å². The minimum absolute atomic E-state index is 0.0634. The van der Waals surface area contributed by atoms with E-state index in [1.807, 2.05) is 0 Å². The summed E-state index contributed by atoms with van der Waals surface area (Å²) in [6.45, 7) is 0. The number of nitrogens with one attached hydrogen (secondary N) is 1. The molecule has 4 heteroatoms. The Bertz CT molecular complexity index is 343. The first kappa shape index (κ1) is 9.96. The fraction of sp³-hybridized carbons (Fsp3) is 0.455. The summed E-state index contributed by atoms with van der Waals surface area (Å²) < 4.78 is 0. The number of hydrogen-bond acceptors (Lipinski definition) is 3. The Morgan fingerprint density at radius 2 is 2.33 bits per heavy atom. The van der Waals surface area contributed by atoms with Gasteiger partial charge in [-0.3, -0.25) is 4.79 Å². The van der Waals surface area contributed by atoms with Crippen LogP contribution in [0.1, 0.15) is 25.7 Å². The predicted octanol–water partition coefficient (Wildman–Crippen LogP) is 1.79. The highest BCUT2D eigenvalue weighted by Crippen LogP contribution is 2.33. The van der Waals surface area contributed by atoms with Gasteiger partial charge < -0.3 is 11.1 Å². The number of carbonyl (C=O) groups is 1. The summed E-state index contributed by atoms with van der Waals surface area (Å²) in [4.78, 5) is 15.4. The van der Waals surface area contributed by atoms with Gasteiger partial charge in [-0.1, -0.05) is 12.8 Å². The Labute approximate surface area is 88.9 Å². The number of aromatic nitrogens is 1. The predicted molar refractivity (Wildman–Crippen MR) is 59.2 cm³/mol. The maximum atomic E-state index is 11.5. The fourth-order valence-corrected chi connectivity index (χ4v) is 1.44. The zero-order valence-corrected chi connectivity index (χ0v) is 8.57. The van der Waals surface area contributed by atoms with Gasteiger partial charge in [0.2, 0.25) is 5.91 Å². The molecule has 1 aromatic heterocycles. The number of carbonyl (C=O) groups excluding carboxylic acids is 1. The Kier molecular flexibility index (Phi) is 2.85. The van der Waals surface area contributed by atoms with E-state index in [4.69, 9.17) is 5.73 Å². The van der Waals surface area contributed by atoms with E-state index in [9.17, 15) is 4.79 Å². The van der Waals surface area contributed by atoms with Gasteiger partial charge in [-0.05, 0) is 24.5 Å². The third kappa shape index (κ3) is 3.23. The van der Waals surface area contributed by atoms with E-state index in [1.54, 1.807) is 18.3 Å². The number of amides is 1. The fourth-order valence-electron chi connectivity index (χ4n) is 1.44. The van der Waals surface area contributed by atoms with Crippen molar-refractivity contribution < 1.29 is 4.79 Å². The number of anilines is 2. The lowest BCUT2D eigenvalue weighted by atomic mass is 10.2. The van der Waals surface area contributed by atoms with Gasteiger partial charge in [-0.25, -0.2) is 4.98 Å². The molecule has 0 radical (unpaired) electrons. The van der Waals surface area contributed by atoms with Crippen LogP contribution in [0.2, 0.25) is 0 Å². The summed E-state index contributed by atoms with van der Waals surface area (Å²) in [5.74, 6) is 1.32. The molecule has 0 atom stereocenters. The normalized spacial score (nSPS) is 14.9. The molecule has 15 heavy (non-hydrogen) atoms. The summed E-state index contributed by atoms with van der Waals surface area (Å²) >= 11 is 0. The van der Waals surface area contributed by atoms with Gasteiger partial charge in [0.15, 0.2) is 0 Å². The highest BCUT2D eigenvalue weighted by Gasteiger charge is 2.21. The number of pyridine rings is 1. The molecule has 4 nitrogen and oxygen atoms in total. The van der Waals surface area contributed by atoms with Crippen LogP contribution in [0, 0.1) is 5.92 Å². The minimum atomic E-state index is 0.0634. The standard InChI is InChI=1S/C11H15N3O/c12-10-5-4-9(7-13-10)14-11(15)6-3-8-1-2-8/h4-5,7-8H,1-3,6H2,(H2,12,13)(H,14,15). The van der Waals surface area contributed by atoms with Crippen molar-refractivity contribution in [2.24, 2.45) is 5.92 Å². The molecule has 0 saturated heterocycles. The van der Waals surface area contributed by atoms with Crippen LogP contribution in [0.4, 0.5) is 11.5 Å². The first-order valence-electron chi connectivity index (χ1n) is 5.25. The third-order valence-electron chi connectivity index (χ3n) is 2.55. The summed E-state index contributed by atoms with van der Waals surface area (Å²) in [6, 6.07) is 3.44. The Balaban J connectivity index is 1.79. The Morgan fingerprint density at radius 3 is 2.93 bits per heavy atom. The van der Waals surface area contributed by atoms with Crippen LogP contribution in [0.25, 0.3) is 0 Å². The van der Waals surface area contributed by atoms with Crippen molar-refractivity contribution in [1.82, 2.24) is 4.98 Å². The number of hydrogen-bond donors (Lipinski definition) is 2. The van der Waals surface area contributed by atoms with E-state index in [1.165, 1.54) is 12.8 Å². The van der Waals surface area contributed by atoms with Crippen molar-refractivity contribution in [2.45, 2.75) is 25.7 Å². The third-order valence-corrected chi connectivity index (χ3v) is 2.55. The van der Waals surface area contributed by atoms with E-state index in [0.717, 1.165) is 12.3 Å². The molecule has 1 amide bonds. The second kappa shape index (κ2) is 4.29. The van der Waals surface area contributed by atoms with Crippen LogP contribution >= 0.6 is 0 Å². The maximum absolute atomic E-state index is 11.5. The SMILES string of the molecule is Nc1ccc(NC(=O)CCC2CC2)cn1. The van der Waals surface area contributed by atoms with E-state index in [2.05, 4.69) is 10.3 Å². The van der Waals surface area contributed by atoms with Crippen LogP contribution < -0.4 is 11.1 Å². The van der Waals surface area contributed by atoms with Crippen molar-refractivity contribution in [1.29, 1.82) is 0 Å². The maximum Gasteiger partial charge on any atom is 0.224 e. The first-order chi connectivity index (χ1) is 7.24. The molecule has 1 aliphatic rings. The summed E-state index contributed by atoms with van der Waals surface area (Å²) in [5, 5.41) is 2.80. The smallest absolute Gasteiger partial charge is 0.224 e. The Morgan fingerprint density at radius 1 is 1.53 bits per heavy atom. The van der Waals surface area contributed by atoms with Crippen molar-refractivity contribution >= 4 is 17.4 Å². The number of nitrogen functional groups attached to an aromatic ring is 1. The molecule has 3 N–H and O–H groups in total. The van der Waals surface area contributed by atoms with Gasteiger partial charge >= 0.3 is 0 Å². The monoisotopic (exact) mass is 205 g/mol. The van der Waals surface area contributed by atoms with Gasteiger partial charge in [0.25, 0.3) is 0 Å². The average molecular weight is 205 g/mol. The first-order valence-corrected chi connectivity index (χ1v) is 5.25. The van der Waals surface area contributed by atoms with Crippen molar-refractivity contribution in [3.8, 4) is 0 Å². The van der Waals surface area contributed by atoms with E-state index in [0.29, 0.717) is 17.9 Å². The second-order valence-electron chi connectivity index (χ2n) is 4.00. The number of nitrogens with zero attached hydrogens (tertiary/aromatic N) is 1. The molecule has 80 valence electrons. The topological polar surface area (TPSA) is 68.0 Å². The molecular weight excluding hydrogens is 190 g/mol. The Hall–Kier alpha value is -1.58. The highest BCUT2D eigenvalue weighted by atomic mass is 16.1. The lowest BCUT2D eigenvalue weighted by molar-refractivity contribution is -0.116. The summed E-state index contributed by atoms with van der Waals surface area (Å²) in [7, 11) is 0. The van der Waals surface area contributed by atoms with Crippen molar-refractivity contribution in [3.63, 3.8) is 0 Å². The van der Waals surface area contributed by atoms with E-state index in [-0.39, 0.29) is 5.91 Å². The molecule has 0 bridgehead atoms. The molecule has 1 fully saturated rings. The molecule has 0 aromatic carbocycles. The van der Waals surface area contributed by atoms with Crippen LogP contribution in [-0.2, 0) is 4.79 Å². The van der Waals surface area contributed by atoms with Crippen LogP contribution in [-0.4, -0.2) is 10.9 Å². The molecule has 1 heterocycles. The summed E-state index contributed by atoms with van der Waals surface area (Å²) in [6.07, 6.45) is 5.76. The molecule has 0 unspecified atom stereocenters. The van der Waals surface area contributed by atoms with Gasteiger partial charge in [0, 0.05) is 6.42 Å². The zero-order valence-electron chi connectivity index (χ0n) is 8.57. The molecule has 1 saturated carbocycles. The largest absolute Gasteiger partial charge is 0.384 e. The van der Waals surface area contributed by atoms with Crippen LogP contribution in [0.3, 0.4) is 0 Å². The highest BCUT2D eigenvalue weighted by molar-refractivity contribution is 5.90. The van der Waals surface area contributed by atoms with Gasteiger partial charge in [-0.2, -0.15) is 0 Å². The van der Waals surface area contributed by atoms with Gasteiger partial charge in [0.05, 0.1) is 11.9 Å². The van der Waals surface area contributed by atoms with Crippen molar-refractivity contribution in [3.05, 3.63) is 18.3 Å². The van der Waals surface area contributed by atoms with Gasteiger partial charge in [0.1, 0.15) is 5.82 Å². The molecule has 0 spiro atoms. The van der Waals surface area contributed by atoms with Gasteiger partial charge in [-0.15, -0.1) is 0 Å². The number of rotatable bonds is 4. The quantitative estimate of drug-likeness (QED) is 0.787. The lowest BCUT2D eigenvalue weighted by Crippen LogP contribution is -2.11. The molecule has 0 aliphatic heterocycles. The molecule has 2 rings (SSSR count). The van der Waals surface area contributed by atoms with Crippen molar-refractivity contribution in [2.75, 3.05) is 11.1 Å². The summed E-state index contributed by atoms with van der Waals surface area (Å²) in [5.41, 5.74) is 6.15. The molecule has 1 aliphatic carbocycles. The molecule has 1 aromatic rings.